The smallest absolute Gasteiger partial charge is 0.311 e. The van der Waals surface area contributed by atoms with E-state index in [1.165, 1.54) is 26.0 Å². The third kappa shape index (κ3) is 2.84. The van der Waals surface area contributed by atoms with Crippen LogP contribution in [0.5, 0.6) is 11.5 Å². The minimum absolute atomic E-state index is 0.0305. The van der Waals surface area contributed by atoms with Crippen LogP contribution in [0.25, 0.3) is 0 Å². The quantitative estimate of drug-likeness (QED) is 0.672. The normalized spacial score (nSPS) is 12.0. The van der Waals surface area contributed by atoms with E-state index in [1.54, 1.807) is 13.8 Å². The van der Waals surface area contributed by atoms with Gasteiger partial charge in [-0.15, -0.1) is 0 Å². The average Bonchev–Trinajstić information content (AvgIpc) is 2.27. The number of hydrogen-bond donors (Lipinski definition) is 4. The Morgan fingerprint density at radius 3 is 2.10 bits per heavy atom. The summed E-state index contributed by atoms with van der Waals surface area (Å²) in [6.45, 7) is 6.20. The molecule has 1 aromatic carbocycles. The summed E-state index contributed by atoms with van der Waals surface area (Å²) in [5.41, 5.74) is -2.27. The molecule has 0 saturated carbocycles. The van der Waals surface area contributed by atoms with Gasteiger partial charge in [0.25, 0.3) is 5.91 Å². The lowest BCUT2D eigenvalue weighted by atomic mass is 9.74. The zero-order valence-corrected chi connectivity index (χ0v) is 11.9. The highest BCUT2D eigenvalue weighted by Crippen LogP contribution is 2.32. The molecule has 0 aliphatic carbocycles. The molecule has 0 aromatic heterocycles. The van der Waals surface area contributed by atoms with Gasteiger partial charge in [0.05, 0.1) is 16.5 Å². The highest BCUT2D eigenvalue weighted by atomic mass is 16.4. The van der Waals surface area contributed by atoms with Crippen molar-refractivity contribution >= 4 is 11.9 Å². The number of aromatic hydroxyl groups is 2. The first-order valence-corrected chi connectivity index (χ1v) is 6.07. The Balaban J connectivity index is 3.03. The second kappa shape index (κ2) is 5.03. The number of amides is 1. The van der Waals surface area contributed by atoms with Gasteiger partial charge in [0.1, 0.15) is 11.5 Å². The van der Waals surface area contributed by atoms with Crippen LogP contribution in [0.1, 0.15) is 38.1 Å². The summed E-state index contributed by atoms with van der Waals surface area (Å²) in [5, 5.41) is 30.6. The van der Waals surface area contributed by atoms with Crippen molar-refractivity contribution in [1.82, 2.24) is 5.32 Å². The van der Waals surface area contributed by atoms with Crippen LogP contribution in [0.15, 0.2) is 18.2 Å². The fraction of sp³-hybridized carbons (Fsp3) is 0.429. The Labute approximate surface area is 117 Å². The minimum atomic E-state index is -1.20. The number of nitrogens with one attached hydrogen (secondary N) is 1. The number of benzene rings is 1. The molecule has 6 heteroatoms. The monoisotopic (exact) mass is 281 g/mol. The van der Waals surface area contributed by atoms with Gasteiger partial charge in [-0.3, -0.25) is 9.59 Å². The van der Waals surface area contributed by atoms with Crippen molar-refractivity contribution < 1.29 is 24.9 Å². The van der Waals surface area contributed by atoms with Gasteiger partial charge in [-0.2, -0.15) is 0 Å². The molecule has 0 unspecified atom stereocenters. The van der Waals surface area contributed by atoms with Crippen LogP contribution in [-0.2, 0) is 4.79 Å². The van der Waals surface area contributed by atoms with Crippen LogP contribution >= 0.6 is 0 Å². The summed E-state index contributed by atoms with van der Waals surface area (Å²) in [7, 11) is 0. The standard InChI is InChI=1S/C14H19NO5/c1-13(2,12(19)20)14(3,4)15-11(18)9-6-5-8(16)7-10(9)17/h5-7,16-17H,1-4H3,(H,15,18)(H,19,20). The number of aliphatic carboxylic acids is 1. The van der Waals surface area contributed by atoms with Crippen LogP contribution in [0.3, 0.4) is 0 Å². The average molecular weight is 281 g/mol. The van der Waals surface area contributed by atoms with Crippen LogP contribution in [0.4, 0.5) is 0 Å². The zero-order chi connectivity index (χ0) is 15.7. The van der Waals surface area contributed by atoms with E-state index < -0.39 is 22.8 Å². The number of hydrogen-bond acceptors (Lipinski definition) is 4. The van der Waals surface area contributed by atoms with E-state index in [0.717, 1.165) is 6.07 Å². The molecule has 0 aliphatic rings. The highest BCUT2D eigenvalue weighted by molar-refractivity contribution is 5.97. The van der Waals surface area contributed by atoms with E-state index in [4.69, 9.17) is 0 Å². The highest BCUT2D eigenvalue weighted by Gasteiger charge is 2.44. The van der Waals surface area contributed by atoms with Gasteiger partial charge in [-0.1, -0.05) is 0 Å². The van der Waals surface area contributed by atoms with Gasteiger partial charge in [0, 0.05) is 6.07 Å². The van der Waals surface area contributed by atoms with Crippen molar-refractivity contribution in [2.24, 2.45) is 5.41 Å². The molecule has 0 fully saturated rings. The molecule has 0 aliphatic heterocycles. The number of carbonyl (C=O) groups excluding carboxylic acids is 1. The molecule has 0 spiro atoms. The third-order valence-electron chi connectivity index (χ3n) is 3.75. The molecule has 0 atom stereocenters. The predicted molar refractivity (Wildman–Crippen MR) is 72.7 cm³/mol. The van der Waals surface area contributed by atoms with Gasteiger partial charge < -0.3 is 20.6 Å². The van der Waals surface area contributed by atoms with Gasteiger partial charge in [-0.05, 0) is 39.8 Å². The maximum absolute atomic E-state index is 12.1. The van der Waals surface area contributed by atoms with Crippen molar-refractivity contribution in [3.05, 3.63) is 23.8 Å². The van der Waals surface area contributed by atoms with Crippen LogP contribution < -0.4 is 5.32 Å². The van der Waals surface area contributed by atoms with Gasteiger partial charge in [0.2, 0.25) is 0 Å². The number of phenols is 2. The maximum Gasteiger partial charge on any atom is 0.311 e. The molecule has 1 rings (SSSR count). The van der Waals surface area contributed by atoms with E-state index in [9.17, 15) is 24.9 Å². The molecule has 1 aromatic rings. The summed E-state index contributed by atoms with van der Waals surface area (Å²) < 4.78 is 0. The van der Waals surface area contributed by atoms with Crippen molar-refractivity contribution in [1.29, 1.82) is 0 Å². The molecule has 20 heavy (non-hydrogen) atoms. The number of phenolic OH excluding ortho intramolecular Hbond substituents is 2. The molecule has 110 valence electrons. The van der Waals surface area contributed by atoms with Crippen molar-refractivity contribution in [2.75, 3.05) is 0 Å². The molecule has 6 nitrogen and oxygen atoms in total. The molecule has 0 heterocycles. The van der Waals surface area contributed by atoms with Crippen LogP contribution in [0.2, 0.25) is 0 Å². The lowest BCUT2D eigenvalue weighted by Gasteiger charge is -2.38. The lowest BCUT2D eigenvalue weighted by Crippen LogP contribution is -2.56. The summed E-state index contributed by atoms with van der Waals surface area (Å²) in [4.78, 5) is 23.4. The number of carboxylic acids is 1. The Hall–Kier alpha value is -2.24. The van der Waals surface area contributed by atoms with Crippen molar-refractivity contribution in [3.63, 3.8) is 0 Å². The van der Waals surface area contributed by atoms with Crippen LogP contribution in [0, 0.1) is 5.41 Å². The maximum atomic E-state index is 12.1. The second-order valence-corrected chi connectivity index (χ2v) is 5.71. The first-order chi connectivity index (χ1) is 8.99. The minimum Gasteiger partial charge on any atom is -0.508 e. The number of carboxylic acid groups (broad SMARTS) is 1. The Kier molecular flexibility index (Phi) is 3.98. The molecular weight excluding hydrogens is 262 g/mol. The summed E-state index contributed by atoms with van der Waals surface area (Å²) >= 11 is 0. The van der Waals surface area contributed by atoms with E-state index >= 15 is 0 Å². The SMILES string of the molecule is CC(C)(NC(=O)c1ccc(O)cc1O)C(C)(C)C(=O)O. The zero-order valence-electron chi connectivity index (χ0n) is 11.9. The van der Waals surface area contributed by atoms with E-state index in [1.807, 2.05) is 0 Å². The third-order valence-corrected chi connectivity index (χ3v) is 3.75. The predicted octanol–water partition coefficient (Wildman–Crippen LogP) is 1.72. The van der Waals surface area contributed by atoms with E-state index in [-0.39, 0.29) is 17.1 Å². The molecule has 0 saturated heterocycles. The van der Waals surface area contributed by atoms with Crippen molar-refractivity contribution in [2.45, 2.75) is 33.2 Å². The largest absolute Gasteiger partial charge is 0.508 e. The topological polar surface area (TPSA) is 107 Å². The molecular formula is C14H19NO5. The lowest BCUT2D eigenvalue weighted by molar-refractivity contribution is -0.150. The Bertz CT molecular complexity index is 548. The summed E-state index contributed by atoms with van der Waals surface area (Å²) in [6, 6.07) is 3.58. The van der Waals surface area contributed by atoms with Crippen molar-refractivity contribution in [3.8, 4) is 11.5 Å². The Morgan fingerprint density at radius 2 is 1.65 bits per heavy atom. The molecule has 1 amide bonds. The van der Waals surface area contributed by atoms with E-state index in [0.29, 0.717) is 0 Å². The fourth-order valence-electron chi connectivity index (χ4n) is 1.49. The first-order valence-electron chi connectivity index (χ1n) is 6.07. The number of rotatable bonds is 4. The summed E-state index contributed by atoms with van der Waals surface area (Å²) in [6.07, 6.45) is 0. The van der Waals surface area contributed by atoms with Gasteiger partial charge in [0.15, 0.2) is 0 Å². The van der Waals surface area contributed by atoms with Crippen LogP contribution in [-0.4, -0.2) is 32.7 Å². The fourth-order valence-corrected chi connectivity index (χ4v) is 1.49. The molecule has 0 bridgehead atoms. The first kappa shape index (κ1) is 15.8. The molecule has 4 N–H and O–H groups in total. The Morgan fingerprint density at radius 1 is 1.10 bits per heavy atom. The van der Waals surface area contributed by atoms with Gasteiger partial charge in [-0.25, -0.2) is 0 Å². The van der Waals surface area contributed by atoms with E-state index in [2.05, 4.69) is 5.32 Å². The number of carbonyl (C=O) groups is 2. The van der Waals surface area contributed by atoms with Gasteiger partial charge >= 0.3 is 5.97 Å². The molecule has 0 radical (unpaired) electrons. The second-order valence-electron chi connectivity index (χ2n) is 5.71. The summed E-state index contributed by atoms with van der Waals surface area (Å²) in [5.74, 6) is -2.19.